The van der Waals surface area contributed by atoms with E-state index in [9.17, 15) is 19.5 Å². The monoisotopic (exact) mass is 634 g/mol. The third-order valence-electron chi connectivity index (χ3n) is 8.29. The predicted octanol–water partition coefficient (Wildman–Crippen LogP) is 6.28. The number of hydrogen-bond donors (Lipinski definition) is 4. The summed E-state index contributed by atoms with van der Waals surface area (Å²) in [5.41, 5.74) is 2.01. The number of hydrogen-bond acceptors (Lipinski definition) is 5. The molecule has 0 unspecified atom stereocenters. The summed E-state index contributed by atoms with van der Waals surface area (Å²) in [5.74, 6) is -0.694. The standard InChI is InChI=1S/C37H54N4O5/c1-8-9-19-38-34(43)26(4)20-33(42)31(40-36(45)46-37(5,6)7)21-28(25(2)3)22-39-35(44)30-24-41(23-27-15-11-10-12-16-27)32-18-14-13-17-29(30)32/h10-18,24-26,28,31,33,42H,8-9,19-23H2,1-7H3,(H,38,43)(H,39,44)(H,40,45)/t26-,28+,31+,33+/m1/s1. The largest absolute Gasteiger partial charge is 0.444 e. The van der Waals surface area contributed by atoms with Gasteiger partial charge in [0.05, 0.1) is 17.7 Å². The van der Waals surface area contributed by atoms with Crippen molar-refractivity contribution in [1.29, 1.82) is 0 Å². The van der Waals surface area contributed by atoms with E-state index in [1.807, 2.05) is 48.7 Å². The van der Waals surface area contributed by atoms with Gasteiger partial charge < -0.3 is 30.4 Å². The highest BCUT2D eigenvalue weighted by Gasteiger charge is 2.31. The fourth-order valence-corrected chi connectivity index (χ4v) is 5.54. The van der Waals surface area contributed by atoms with Gasteiger partial charge in [-0.3, -0.25) is 9.59 Å². The average Bonchev–Trinajstić information content (AvgIpc) is 3.36. The molecule has 0 saturated heterocycles. The van der Waals surface area contributed by atoms with Crippen LogP contribution < -0.4 is 16.0 Å². The zero-order valence-corrected chi connectivity index (χ0v) is 28.6. The van der Waals surface area contributed by atoms with E-state index in [-0.39, 0.29) is 30.1 Å². The molecule has 0 aliphatic rings. The first-order valence-electron chi connectivity index (χ1n) is 16.6. The summed E-state index contributed by atoms with van der Waals surface area (Å²) >= 11 is 0. The van der Waals surface area contributed by atoms with Gasteiger partial charge >= 0.3 is 6.09 Å². The molecule has 0 saturated carbocycles. The third-order valence-corrected chi connectivity index (χ3v) is 8.29. The highest BCUT2D eigenvalue weighted by molar-refractivity contribution is 6.07. The molecule has 2 aromatic carbocycles. The molecule has 46 heavy (non-hydrogen) atoms. The number of aromatic nitrogens is 1. The SMILES string of the molecule is CCCCNC(=O)[C@H](C)C[C@H](O)[C@H](C[C@@H](CNC(=O)c1cn(Cc2ccccc2)c2ccccc12)C(C)C)NC(=O)OC(C)(C)C. The number of carbonyl (C=O) groups excluding carboxylic acids is 3. The molecule has 1 heterocycles. The molecule has 0 fully saturated rings. The number of aliphatic hydroxyl groups is 1. The zero-order chi connectivity index (χ0) is 33.9. The minimum absolute atomic E-state index is 0.0788. The summed E-state index contributed by atoms with van der Waals surface area (Å²) in [6, 6.07) is 17.3. The number of nitrogens with zero attached hydrogens (tertiary/aromatic N) is 1. The van der Waals surface area contributed by atoms with Gasteiger partial charge in [-0.05, 0) is 63.5 Å². The van der Waals surface area contributed by atoms with E-state index >= 15 is 0 Å². The first-order chi connectivity index (χ1) is 21.8. The maximum Gasteiger partial charge on any atom is 0.407 e. The molecule has 0 bridgehead atoms. The molecule has 3 rings (SSSR count). The Hall–Kier alpha value is -3.85. The van der Waals surface area contributed by atoms with Gasteiger partial charge in [0.2, 0.25) is 5.91 Å². The maximum atomic E-state index is 13.6. The number of rotatable bonds is 16. The Morgan fingerprint density at radius 3 is 2.26 bits per heavy atom. The van der Waals surface area contributed by atoms with Crippen LogP contribution in [0, 0.1) is 17.8 Å². The van der Waals surface area contributed by atoms with Gasteiger partial charge in [0.1, 0.15) is 5.60 Å². The minimum atomic E-state index is -0.993. The molecule has 3 amide bonds. The number of nitrogens with one attached hydrogen (secondary N) is 3. The van der Waals surface area contributed by atoms with Gasteiger partial charge in [-0.1, -0.05) is 82.6 Å². The molecule has 0 aliphatic carbocycles. The molecule has 9 nitrogen and oxygen atoms in total. The van der Waals surface area contributed by atoms with E-state index in [0.717, 1.165) is 29.3 Å². The maximum absolute atomic E-state index is 13.6. The number of amides is 3. The number of fused-ring (bicyclic) bond motifs is 1. The van der Waals surface area contributed by atoms with Crippen molar-refractivity contribution < 1.29 is 24.2 Å². The van der Waals surface area contributed by atoms with E-state index in [2.05, 4.69) is 53.4 Å². The Balaban J connectivity index is 1.75. The van der Waals surface area contributed by atoms with Gasteiger partial charge in [0, 0.05) is 42.7 Å². The topological polar surface area (TPSA) is 122 Å². The number of ether oxygens (including phenoxy) is 1. The van der Waals surface area contributed by atoms with Crippen LogP contribution in [0.1, 0.15) is 90.1 Å². The van der Waals surface area contributed by atoms with Crippen LogP contribution in [-0.2, 0) is 16.1 Å². The van der Waals surface area contributed by atoms with Crippen molar-refractivity contribution in [2.24, 2.45) is 17.8 Å². The van der Waals surface area contributed by atoms with Crippen LogP contribution in [0.3, 0.4) is 0 Å². The van der Waals surface area contributed by atoms with Crippen LogP contribution in [-0.4, -0.2) is 58.4 Å². The van der Waals surface area contributed by atoms with Gasteiger partial charge in [0.15, 0.2) is 0 Å². The number of para-hydroxylation sites is 1. The van der Waals surface area contributed by atoms with Crippen LogP contribution in [0.15, 0.2) is 60.8 Å². The number of alkyl carbamates (subject to hydrolysis) is 1. The Labute approximate surface area is 274 Å². The molecular weight excluding hydrogens is 580 g/mol. The van der Waals surface area contributed by atoms with Crippen LogP contribution in [0.25, 0.3) is 10.9 Å². The Bertz CT molecular complexity index is 1410. The van der Waals surface area contributed by atoms with E-state index in [1.165, 1.54) is 0 Å². The minimum Gasteiger partial charge on any atom is -0.444 e. The first kappa shape index (κ1) is 36.6. The van der Waals surface area contributed by atoms with Gasteiger partial charge in [-0.2, -0.15) is 0 Å². The van der Waals surface area contributed by atoms with Crippen molar-refractivity contribution in [3.05, 3.63) is 71.9 Å². The third kappa shape index (κ3) is 11.2. The first-order valence-corrected chi connectivity index (χ1v) is 16.6. The molecular formula is C37H54N4O5. The summed E-state index contributed by atoms with van der Waals surface area (Å²) in [5, 5.41) is 21.1. The quantitative estimate of drug-likeness (QED) is 0.138. The zero-order valence-electron chi connectivity index (χ0n) is 28.6. The van der Waals surface area contributed by atoms with Gasteiger partial charge in [-0.25, -0.2) is 4.79 Å². The van der Waals surface area contributed by atoms with Crippen molar-refractivity contribution in [2.75, 3.05) is 13.1 Å². The van der Waals surface area contributed by atoms with E-state index in [0.29, 0.717) is 31.6 Å². The molecule has 3 aromatic rings. The molecule has 4 atom stereocenters. The van der Waals surface area contributed by atoms with Crippen LogP contribution in [0.5, 0.6) is 0 Å². The van der Waals surface area contributed by atoms with Gasteiger partial charge in [-0.15, -0.1) is 0 Å². The molecule has 9 heteroatoms. The Kier molecular flexibility index (Phi) is 13.7. The van der Waals surface area contributed by atoms with Crippen molar-refractivity contribution in [3.63, 3.8) is 0 Å². The van der Waals surface area contributed by atoms with E-state index in [1.54, 1.807) is 27.7 Å². The lowest BCUT2D eigenvalue weighted by molar-refractivity contribution is -0.125. The van der Waals surface area contributed by atoms with E-state index < -0.39 is 29.8 Å². The van der Waals surface area contributed by atoms with Crippen molar-refractivity contribution in [3.8, 4) is 0 Å². The number of carbonyl (C=O) groups is 3. The lowest BCUT2D eigenvalue weighted by Crippen LogP contribution is -2.49. The van der Waals surface area contributed by atoms with Crippen LogP contribution in [0.4, 0.5) is 4.79 Å². The summed E-state index contributed by atoms with van der Waals surface area (Å²) < 4.78 is 7.60. The second-order valence-electron chi connectivity index (χ2n) is 13.7. The van der Waals surface area contributed by atoms with Crippen LogP contribution in [0.2, 0.25) is 0 Å². The van der Waals surface area contributed by atoms with Crippen molar-refractivity contribution in [2.45, 2.75) is 98.4 Å². The Morgan fingerprint density at radius 2 is 1.61 bits per heavy atom. The number of unbranched alkanes of at least 4 members (excludes halogenated alkanes) is 1. The molecule has 1 aromatic heterocycles. The predicted molar refractivity (Wildman–Crippen MR) is 184 cm³/mol. The Morgan fingerprint density at radius 1 is 0.935 bits per heavy atom. The normalized spacial score (nSPS) is 14.4. The second kappa shape index (κ2) is 17.2. The fraction of sp³-hybridized carbons (Fsp3) is 0.541. The molecule has 0 radical (unpaired) electrons. The average molecular weight is 635 g/mol. The van der Waals surface area contributed by atoms with Crippen molar-refractivity contribution in [1.82, 2.24) is 20.5 Å². The lowest BCUT2D eigenvalue weighted by Gasteiger charge is -2.32. The second-order valence-corrected chi connectivity index (χ2v) is 13.7. The highest BCUT2D eigenvalue weighted by Crippen LogP contribution is 2.25. The molecule has 0 aliphatic heterocycles. The summed E-state index contributed by atoms with van der Waals surface area (Å²) in [7, 11) is 0. The van der Waals surface area contributed by atoms with Gasteiger partial charge in [0.25, 0.3) is 5.91 Å². The lowest BCUT2D eigenvalue weighted by atomic mass is 9.85. The van der Waals surface area contributed by atoms with Crippen LogP contribution >= 0.6 is 0 Å². The molecule has 252 valence electrons. The van der Waals surface area contributed by atoms with E-state index in [4.69, 9.17) is 4.74 Å². The molecule has 0 spiro atoms. The number of benzene rings is 2. The summed E-state index contributed by atoms with van der Waals surface area (Å²) in [6.07, 6.45) is 2.71. The fourth-order valence-electron chi connectivity index (χ4n) is 5.54. The summed E-state index contributed by atoms with van der Waals surface area (Å²) in [6.45, 7) is 14.9. The highest BCUT2D eigenvalue weighted by atomic mass is 16.6. The smallest absolute Gasteiger partial charge is 0.407 e. The molecule has 4 N–H and O–H groups in total. The number of aliphatic hydroxyl groups excluding tert-OH is 1. The summed E-state index contributed by atoms with van der Waals surface area (Å²) in [4.78, 5) is 39.1. The van der Waals surface area contributed by atoms with Crippen molar-refractivity contribution >= 4 is 28.8 Å².